The Balaban J connectivity index is 1.74. The molecular formula is C19H26O3. The Labute approximate surface area is 132 Å². The molecule has 0 aliphatic heterocycles. The average molecular weight is 302 g/mol. The van der Waals surface area contributed by atoms with Crippen molar-refractivity contribution >= 4 is 11.6 Å². The van der Waals surface area contributed by atoms with E-state index in [2.05, 4.69) is 13.8 Å². The minimum Gasteiger partial charge on any atom is -0.393 e. The number of hydrogen-bond acceptors (Lipinski definition) is 3. The van der Waals surface area contributed by atoms with Crippen molar-refractivity contribution in [1.29, 1.82) is 0 Å². The van der Waals surface area contributed by atoms with Crippen LogP contribution in [0.1, 0.15) is 52.4 Å². The zero-order chi connectivity index (χ0) is 15.6. The predicted molar refractivity (Wildman–Crippen MR) is 83.0 cm³/mol. The smallest absolute Gasteiger partial charge is 0.155 e. The van der Waals surface area contributed by atoms with Crippen molar-refractivity contribution in [3.8, 4) is 0 Å². The lowest BCUT2D eigenvalue weighted by atomic mass is 9.49. The highest BCUT2D eigenvalue weighted by molar-refractivity contribution is 5.91. The zero-order valence-electron chi connectivity index (χ0n) is 13.5. The van der Waals surface area contributed by atoms with Crippen LogP contribution >= 0.6 is 0 Å². The molecule has 3 nitrogen and oxygen atoms in total. The van der Waals surface area contributed by atoms with Crippen LogP contribution in [0.15, 0.2) is 11.6 Å². The maximum Gasteiger partial charge on any atom is 0.155 e. The summed E-state index contributed by atoms with van der Waals surface area (Å²) in [7, 11) is 0. The highest BCUT2D eigenvalue weighted by atomic mass is 16.3. The fourth-order valence-corrected chi connectivity index (χ4v) is 6.41. The van der Waals surface area contributed by atoms with E-state index >= 15 is 0 Å². The van der Waals surface area contributed by atoms with Gasteiger partial charge in [0.15, 0.2) is 5.78 Å². The van der Waals surface area contributed by atoms with Gasteiger partial charge in [-0.2, -0.15) is 0 Å². The molecule has 3 saturated carbocycles. The minimum atomic E-state index is -0.391. The fourth-order valence-electron chi connectivity index (χ4n) is 6.41. The molecule has 3 heteroatoms. The van der Waals surface area contributed by atoms with Crippen LogP contribution in [0.3, 0.4) is 0 Å². The van der Waals surface area contributed by atoms with Crippen LogP contribution in [0.4, 0.5) is 0 Å². The predicted octanol–water partition coefficient (Wildman–Crippen LogP) is 2.91. The Kier molecular flexibility index (Phi) is 3.17. The average Bonchev–Trinajstić information content (AvgIpc) is 2.74. The highest BCUT2D eigenvalue weighted by Crippen LogP contribution is 2.61. The summed E-state index contributed by atoms with van der Waals surface area (Å²) in [5.41, 5.74) is 0.970. The van der Waals surface area contributed by atoms with E-state index in [9.17, 15) is 14.7 Å². The molecule has 0 aromatic carbocycles. The molecule has 120 valence electrons. The lowest BCUT2D eigenvalue weighted by molar-refractivity contribution is -0.144. The largest absolute Gasteiger partial charge is 0.393 e. The van der Waals surface area contributed by atoms with Crippen molar-refractivity contribution in [3.63, 3.8) is 0 Å². The van der Waals surface area contributed by atoms with E-state index in [1.807, 2.05) is 6.08 Å². The molecule has 4 aliphatic carbocycles. The quantitative estimate of drug-likeness (QED) is 0.748. The summed E-state index contributed by atoms with van der Waals surface area (Å²) < 4.78 is 0. The van der Waals surface area contributed by atoms with Gasteiger partial charge in [0.05, 0.1) is 6.10 Å². The van der Waals surface area contributed by atoms with E-state index < -0.39 is 6.10 Å². The molecule has 0 amide bonds. The van der Waals surface area contributed by atoms with Gasteiger partial charge in [-0.05, 0) is 61.3 Å². The van der Waals surface area contributed by atoms with Gasteiger partial charge in [0, 0.05) is 18.3 Å². The van der Waals surface area contributed by atoms with E-state index in [1.54, 1.807) is 0 Å². The fraction of sp³-hybridized carbons (Fsp3) is 0.789. The van der Waals surface area contributed by atoms with Crippen LogP contribution in [-0.2, 0) is 9.59 Å². The molecule has 1 N–H and O–H groups in total. The van der Waals surface area contributed by atoms with E-state index in [1.165, 1.54) is 5.57 Å². The normalized spacial score (nSPS) is 51.0. The topological polar surface area (TPSA) is 54.4 Å². The van der Waals surface area contributed by atoms with Crippen LogP contribution in [0.25, 0.3) is 0 Å². The van der Waals surface area contributed by atoms with Gasteiger partial charge in [-0.15, -0.1) is 0 Å². The summed E-state index contributed by atoms with van der Waals surface area (Å²) in [6.45, 7) is 4.35. The molecule has 0 radical (unpaired) electrons. The van der Waals surface area contributed by atoms with Gasteiger partial charge >= 0.3 is 0 Å². The molecule has 4 aliphatic rings. The third-order valence-corrected chi connectivity index (χ3v) is 7.33. The Morgan fingerprint density at radius 3 is 2.73 bits per heavy atom. The summed E-state index contributed by atoms with van der Waals surface area (Å²) in [5, 5.41) is 10.9. The standard InChI is InChI=1S/C19H26O3/c1-10-7-11-8-12(20)3-4-13(11)18-15(21)9-19(2)14(17(10)18)5-6-16(19)22/h8,10,13-15,17-18,21H,3-7,9H2,1-2H3/t10?,13?,14?,15?,17?,18?,19-/m0/s1. The molecule has 3 fully saturated rings. The first kappa shape index (κ1) is 14.6. The molecule has 0 saturated heterocycles. The van der Waals surface area contributed by atoms with E-state index in [0.717, 1.165) is 19.3 Å². The lowest BCUT2D eigenvalue weighted by Gasteiger charge is -2.56. The van der Waals surface area contributed by atoms with Gasteiger partial charge in [-0.1, -0.05) is 19.4 Å². The number of Topliss-reactive ketones (excluding diaryl/α,β-unsaturated/α-hetero) is 1. The molecule has 0 spiro atoms. The molecule has 4 rings (SSSR count). The molecule has 22 heavy (non-hydrogen) atoms. The van der Waals surface area contributed by atoms with E-state index in [0.29, 0.717) is 48.7 Å². The summed E-state index contributed by atoms with van der Waals surface area (Å²) in [4.78, 5) is 24.2. The van der Waals surface area contributed by atoms with Gasteiger partial charge in [-0.3, -0.25) is 9.59 Å². The van der Waals surface area contributed by atoms with Crippen LogP contribution < -0.4 is 0 Å². The van der Waals surface area contributed by atoms with Crippen LogP contribution in [0.5, 0.6) is 0 Å². The molecule has 0 aromatic rings. The van der Waals surface area contributed by atoms with E-state index in [-0.39, 0.29) is 17.1 Å². The second-order valence-electron chi connectivity index (χ2n) is 8.42. The van der Waals surface area contributed by atoms with Crippen molar-refractivity contribution in [3.05, 3.63) is 11.6 Å². The van der Waals surface area contributed by atoms with Gasteiger partial charge in [0.1, 0.15) is 5.78 Å². The maximum atomic E-state index is 12.4. The lowest BCUT2D eigenvalue weighted by Crippen LogP contribution is -2.55. The number of carbonyl (C=O) groups is 2. The van der Waals surface area contributed by atoms with Gasteiger partial charge in [-0.25, -0.2) is 0 Å². The molecule has 0 heterocycles. The second-order valence-corrected chi connectivity index (χ2v) is 8.42. The van der Waals surface area contributed by atoms with Crippen LogP contribution in [0.2, 0.25) is 0 Å². The van der Waals surface area contributed by atoms with Crippen molar-refractivity contribution in [2.45, 2.75) is 58.5 Å². The number of rotatable bonds is 0. The number of hydrogen-bond donors (Lipinski definition) is 1. The Morgan fingerprint density at radius 1 is 1.18 bits per heavy atom. The maximum absolute atomic E-state index is 12.4. The number of allylic oxidation sites excluding steroid dienone is 1. The third-order valence-electron chi connectivity index (χ3n) is 7.33. The zero-order valence-corrected chi connectivity index (χ0v) is 13.5. The Hall–Kier alpha value is -0.960. The van der Waals surface area contributed by atoms with Gasteiger partial charge in [0.2, 0.25) is 0 Å². The number of aliphatic hydroxyl groups excluding tert-OH is 1. The monoisotopic (exact) mass is 302 g/mol. The summed E-state index contributed by atoms with van der Waals surface area (Å²) in [5.74, 6) is 2.58. The third kappa shape index (κ3) is 1.84. The molecular weight excluding hydrogens is 276 g/mol. The summed E-state index contributed by atoms with van der Waals surface area (Å²) >= 11 is 0. The second kappa shape index (κ2) is 4.77. The first-order valence-electron chi connectivity index (χ1n) is 8.86. The molecule has 0 bridgehead atoms. The highest BCUT2D eigenvalue weighted by Gasteiger charge is 2.60. The number of fused-ring (bicyclic) bond motifs is 5. The Bertz CT molecular complexity index is 563. The first-order valence-corrected chi connectivity index (χ1v) is 8.86. The number of aliphatic hydroxyl groups is 1. The molecule has 7 atom stereocenters. The van der Waals surface area contributed by atoms with Crippen molar-refractivity contribution < 1.29 is 14.7 Å². The van der Waals surface area contributed by atoms with Gasteiger partial charge < -0.3 is 5.11 Å². The van der Waals surface area contributed by atoms with Gasteiger partial charge in [0.25, 0.3) is 0 Å². The molecule has 6 unspecified atom stereocenters. The molecule has 0 aromatic heterocycles. The van der Waals surface area contributed by atoms with Crippen molar-refractivity contribution in [2.24, 2.45) is 35.0 Å². The van der Waals surface area contributed by atoms with Crippen LogP contribution in [0, 0.1) is 35.0 Å². The summed E-state index contributed by atoms with van der Waals surface area (Å²) in [6, 6.07) is 0. The Morgan fingerprint density at radius 2 is 1.95 bits per heavy atom. The summed E-state index contributed by atoms with van der Waals surface area (Å²) in [6.07, 6.45) is 6.28. The van der Waals surface area contributed by atoms with E-state index in [4.69, 9.17) is 0 Å². The first-order chi connectivity index (χ1) is 10.4. The van der Waals surface area contributed by atoms with Crippen molar-refractivity contribution in [2.75, 3.05) is 0 Å². The number of carbonyl (C=O) groups excluding carboxylic acids is 2. The van der Waals surface area contributed by atoms with Crippen LogP contribution in [-0.4, -0.2) is 22.8 Å². The minimum absolute atomic E-state index is 0.253. The SMILES string of the molecule is CC1CC2=CC(=O)CCC2C2C(O)C[C@]3(C)C(=O)CCC3C12. The number of ketones is 2. The van der Waals surface area contributed by atoms with Crippen molar-refractivity contribution in [1.82, 2.24) is 0 Å².